The summed E-state index contributed by atoms with van der Waals surface area (Å²) in [5, 5.41) is 0. The number of halogens is 4. The van der Waals surface area contributed by atoms with E-state index in [2.05, 4.69) is 0 Å². The van der Waals surface area contributed by atoms with E-state index >= 15 is 0 Å². The molecule has 0 radical (unpaired) electrons. The van der Waals surface area contributed by atoms with Crippen LogP contribution in [0.5, 0.6) is 0 Å². The van der Waals surface area contributed by atoms with Gasteiger partial charge >= 0.3 is 5.97 Å². The van der Waals surface area contributed by atoms with E-state index in [1.807, 2.05) is 13.8 Å². The second-order valence-corrected chi connectivity index (χ2v) is 6.25. The van der Waals surface area contributed by atoms with Crippen molar-refractivity contribution in [2.45, 2.75) is 20.5 Å². The Balaban J connectivity index is 2.17. The predicted molar refractivity (Wildman–Crippen MR) is 80.9 cm³/mol. The van der Waals surface area contributed by atoms with E-state index in [4.69, 9.17) is 15.9 Å². The Labute approximate surface area is 142 Å². The van der Waals surface area contributed by atoms with Gasteiger partial charge in [0.2, 0.25) is 0 Å². The highest BCUT2D eigenvalue weighted by atomic mass is 19.2. The number of benzene rings is 1. The highest BCUT2D eigenvalue weighted by molar-refractivity contribution is 5.78. The molecule has 0 aromatic heterocycles. The quantitative estimate of drug-likeness (QED) is 0.265. The summed E-state index contributed by atoms with van der Waals surface area (Å²) in [4.78, 5) is 12.1. The fraction of sp³-hybridized carbons (Fsp3) is 0.389. The van der Waals surface area contributed by atoms with Crippen LogP contribution in [0.2, 0.25) is 0 Å². The number of esters is 1. The summed E-state index contributed by atoms with van der Waals surface area (Å²) in [6, 6.07) is 0. The SMILES string of the molecule is C#Cc1c(F)c(F)c(COC(=O)[C@@H]2[C@@H](/C=C\OC)C2(C)C)c(F)c1F. The van der Waals surface area contributed by atoms with E-state index in [0.29, 0.717) is 0 Å². The Hall–Kier alpha value is -2.49. The predicted octanol–water partition coefficient (Wildman–Crippen LogP) is 3.70. The summed E-state index contributed by atoms with van der Waals surface area (Å²) in [5.74, 6) is -6.65. The first-order valence-electron chi connectivity index (χ1n) is 7.36. The van der Waals surface area contributed by atoms with Crippen molar-refractivity contribution in [2.75, 3.05) is 7.11 Å². The van der Waals surface area contributed by atoms with Gasteiger partial charge in [0.1, 0.15) is 12.2 Å². The third-order valence-corrected chi connectivity index (χ3v) is 4.44. The summed E-state index contributed by atoms with van der Waals surface area (Å²) in [6.07, 6.45) is 7.92. The normalized spacial score (nSPS) is 21.0. The molecule has 1 aliphatic rings. The zero-order valence-corrected chi connectivity index (χ0v) is 13.8. The van der Waals surface area contributed by atoms with Gasteiger partial charge in [-0.25, -0.2) is 17.6 Å². The molecule has 0 aliphatic heterocycles. The molecule has 3 nitrogen and oxygen atoms in total. The van der Waals surface area contributed by atoms with Crippen LogP contribution in [-0.2, 0) is 20.9 Å². The van der Waals surface area contributed by atoms with E-state index in [1.165, 1.54) is 13.4 Å². The molecule has 1 saturated carbocycles. The standard InChI is InChI=1S/C18H16F4O3/c1-5-9-13(19)15(21)10(16(22)14(9)20)8-25-17(23)12-11(6-7-24-4)18(12,2)3/h1,6-7,11-12H,8H2,2-4H3/b7-6-/t11-,12+/m1/s1. The van der Waals surface area contributed by atoms with Gasteiger partial charge in [0.05, 0.1) is 24.9 Å². The molecule has 0 amide bonds. The van der Waals surface area contributed by atoms with Crippen molar-refractivity contribution in [3.05, 3.63) is 46.7 Å². The average molecular weight is 356 g/mol. The maximum atomic E-state index is 13.9. The van der Waals surface area contributed by atoms with Crippen LogP contribution in [0.15, 0.2) is 12.3 Å². The monoisotopic (exact) mass is 356 g/mol. The number of rotatable bonds is 5. The summed E-state index contributed by atoms with van der Waals surface area (Å²) >= 11 is 0. The molecule has 0 spiro atoms. The number of ether oxygens (including phenoxy) is 2. The van der Waals surface area contributed by atoms with Gasteiger partial charge in [0.15, 0.2) is 23.3 Å². The highest BCUT2D eigenvalue weighted by Gasteiger charge is 2.61. The molecule has 2 rings (SSSR count). The van der Waals surface area contributed by atoms with Crippen LogP contribution in [0.4, 0.5) is 17.6 Å². The third kappa shape index (κ3) is 3.21. The number of allylic oxidation sites excluding steroid dienone is 1. The van der Waals surface area contributed by atoms with Gasteiger partial charge in [-0.15, -0.1) is 6.42 Å². The number of carbonyl (C=O) groups excluding carboxylic acids is 1. The molecule has 25 heavy (non-hydrogen) atoms. The van der Waals surface area contributed by atoms with E-state index < -0.39 is 58.3 Å². The summed E-state index contributed by atoms with van der Waals surface area (Å²) in [7, 11) is 1.45. The number of carbonyl (C=O) groups is 1. The molecule has 0 heterocycles. The van der Waals surface area contributed by atoms with Gasteiger partial charge < -0.3 is 9.47 Å². The minimum absolute atomic E-state index is 0.174. The maximum Gasteiger partial charge on any atom is 0.310 e. The van der Waals surface area contributed by atoms with Crippen molar-refractivity contribution in [2.24, 2.45) is 17.3 Å². The second kappa shape index (κ2) is 6.79. The molecule has 1 aliphatic carbocycles. The Bertz CT molecular complexity index is 749. The smallest absolute Gasteiger partial charge is 0.310 e. The van der Waals surface area contributed by atoms with Crippen LogP contribution in [0.3, 0.4) is 0 Å². The van der Waals surface area contributed by atoms with Crippen molar-refractivity contribution < 1.29 is 31.8 Å². The lowest BCUT2D eigenvalue weighted by Crippen LogP contribution is -2.14. The fourth-order valence-corrected chi connectivity index (χ4v) is 2.81. The van der Waals surface area contributed by atoms with Crippen molar-refractivity contribution in [1.29, 1.82) is 0 Å². The Morgan fingerprint density at radius 1 is 1.20 bits per heavy atom. The fourth-order valence-electron chi connectivity index (χ4n) is 2.81. The number of hydrogen-bond donors (Lipinski definition) is 0. The molecular formula is C18H16F4O3. The van der Waals surface area contributed by atoms with Crippen LogP contribution in [0, 0.1) is 52.9 Å². The third-order valence-electron chi connectivity index (χ3n) is 4.44. The maximum absolute atomic E-state index is 13.9. The summed E-state index contributed by atoms with van der Waals surface area (Å²) < 4.78 is 64.6. The van der Waals surface area contributed by atoms with Crippen LogP contribution in [-0.4, -0.2) is 13.1 Å². The first-order valence-corrected chi connectivity index (χ1v) is 7.36. The van der Waals surface area contributed by atoms with Crippen molar-refractivity contribution in [1.82, 2.24) is 0 Å². The molecule has 0 N–H and O–H groups in total. The van der Waals surface area contributed by atoms with Crippen molar-refractivity contribution in [3.63, 3.8) is 0 Å². The molecule has 1 aromatic carbocycles. The summed E-state index contributed by atoms with van der Waals surface area (Å²) in [6.45, 7) is 2.68. The summed E-state index contributed by atoms with van der Waals surface area (Å²) in [5.41, 5.74) is -2.59. The first kappa shape index (κ1) is 18.8. The van der Waals surface area contributed by atoms with Gasteiger partial charge in [0, 0.05) is 0 Å². The molecule has 2 atom stereocenters. The van der Waals surface area contributed by atoms with Gasteiger partial charge in [0.25, 0.3) is 0 Å². The number of hydrogen-bond acceptors (Lipinski definition) is 3. The first-order chi connectivity index (χ1) is 11.7. The van der Waals surface area contributed by atoms with E-state index in [0.717, 1.165) is 0 Å². The molecule has 0 saturated heterocycles. The molecule has 134 valence electrons. The van der Waals surface area contributed by atoms with Crippen LogP contribution < -0.4 is 0 Å². The second-order valence-electron chi connectivity index (χ2n) is 6.25. The Morgan fingerprint density at radius 3 is 2.24 bits per heavy atom. The lowest BCUT2D eigenvalue weighted by atomic mass is 10.1. The lowest BCUT2D eigenvalue weighted by Gasteiger charge is -2.10. The molecule has 0 unspecified atom stereocenters. The van der Waals surface area contributed by atoms with Gasteiger partial charge in [-0.2, -0.15) is 0 Å². The van der Waals surface area contributed by atoms with Gasteiger partial charge in [-0.3, -0.25) is 4.79 Å². The molecular weight excluding hydrogens is 340 g/mol. The number of terminal acetylenes is 1. The van der Waals surface area contributed by atoms with Crippen molar-refractivity contribution in [3.8, 4) is 12.3 Å². The Morgan fingerprint density at radius 2 is 1.76 bits per heavy atom. The Kier molecular flexibility index (Phi) is 5.12. The van der Waals surface area contributed by atoms with Crippen LogP contribution in [0.1, 0.15) is 25.0 Å². The van der Waals surface area contributed by atoms with Crippen LogP contribution >= 0.6 is 0 Å². The van der Waals surface area contributed by atoms with E-state index in [-0.39, 0.29) is 5.92 Å². The van der Waals surface area contributed by atoms with Crippen molar-refractivity contribution >= 4 is 5.97 Å². The lowest BCUT2D eigenvalue weighted by molar-refractivity contribution is -0.147. The zero-order chi connectivity index (χ0) is 18.9. The molecule has 1 aromatic rings. The molecule has 7 heteroatoms. The minimum atomic E-state index is -1.69. The van der Waals surface area contributed by atoms with E-state index in [9.17, 15) is 22.4 Å². The largest absolute Gasteiger partial charge is 0.505 e. The highest BCUT2D eigenvalue weighted by Crippen LogP contribution is 2.59. The number of methoxy groups -OCH3 is 1. The minimum Gasteiger partial charge on any atom is -0.505 e. The zero-order valence-electron chi connectivity index (χ0n) is 13.8. The average Bonchev–Trinajstić information content (AvgIpc) is 3.12. The molecule has 0 bridgehead atoms. The topological polar surface area (TPSA) is 35.5 Å². The van der Waals surface area contributed by atoms with Gasteiger partial charge in [-0.05, 0) is 17.4 Å². The van der Waals surface area contributed by atoms with Gasteiger partial charge in [-0.1, -0.05) is 19.8 Å². The van der Waals surface area contributed by atoms with E-state index in [1.54, 1.807) is 12.0 Å². The molecule has 1 fully saturated rings. The van der Waals surface area contributed by atoms with Crippen LogP contribution in [0.25, 0.3) is 0 Å².